The molecule has 0 bridgehead atoms. The quantitative estimate of drug-likeness (QED) is 0.718. The van der Waals surface area contributed by atoms with Crippen molar-refractivity contribution < 1.29 is 9.84 Å². The van der Waals surface area contributed by atoms with E-state index in [1.165, 1.54) is 5.56 Å². The number of unbranched alkanes of at least 4 members (excludes halogenated alkanes) is 1. The predicted molar refractivity (Wildman–Crippen MR) is 66.8 cm³/mol. The fourth-order valence-electron chi connectivity index (χ4n) is 1.52. The highest BCUT2D eigenvalue weighted by Gasteiger charge is 2.02. The average molecular weight is 222 g/mol. The van der Waals surface area contributed by atoms with Crippen molar-refractivity contribution in [2.45, 2.75) is 33.1 Å². The third kappa shape index (κ3) is 4.67. The number of hydrogen-bond donors (Lipinski definition) is 1. The van der Waals surface area contributed by atoms with E-state index in [1.807, 2.05) is 19.1 Å². The molecule has 0 aliphatic carbocycles. The topological polar surface area (TPSA) is 29.5 Å². The van der Waals surface area contributed by atoms with Crippen LogP contribution in [0.15, 0.2) is 24.3 Å². The Kier molecular flexibility index (Phi) is 5.94. The smallest absolute Gasteiger partial charge is 0.119 e. The zero-order valence-corrected chi connectivity index (χ0v) is 10.3. The van der Waals surface area contributed by atoms with Crippen LogP contribution in [0.1, 0.15) is 32.3 Å². The Labute approximate surface area is 98.3 Å². The summed E-state index contributed by atoms with van der Waals surface area (Å²) in [4.78, 5) is 0. The maximum Gasteiger partial charge on any atom is 0.119 e. The van der Waals surface area contributed by atoms with Crippen molar-refractivity contribution in [1.82, 2.24) is 0 Å². The number of aliphatic hydroxyl groups is 1. The van der Waals surface area contributed by atoms with Gasteiger partial charge in [0.05, 0.1) is 6.61 Å². The standard InChI is InChI=1S/C14H22O2/c1-3-4-9-16-14-7-5-13(6-8-14)10-12(2)11-15/h5-8,12,15H,3-4,9-11H2,1-2H3. The molecular weight excluding hydrogens is 200 g/mol. The molecule has 1 aromatic carbocycles. The summed E-state index contributed by atoms with van der Waals surface area (Å²) in [5, 5.41) is 8.97. The second-order valence-electron chi connectivity index (χ2n) is 4.34. The van der Waals surface area contributed by atoms with Gasteiger partial charge in [-0.3, -0.25) is 0 Å². The van der Waals surface area contributed by atoms with Crippen molar-refractivity contribution >= 4 is 0 Å². The molecule has 0 saturated carbocycles. The van der Waals surface area contributed by atoms with E-state index < -0.39 is 0 Å². The van der Waals surface area contributed by atoms with E-state index in [2.05, 4.69) is 19.1 Å². The van der Waals surface area contributed by atoms with Gasteiger partial charge in [-0.2, -0.15) is 0 Å². The number of rotatable bonds is 7. The number of benzene rings is 1. The summed E-state index contributed by atoms with van der Waals surface area (Å²) in [6.07, 6.45) is 3.18. The van der Waals surface area contributed by atoms with Gasteiger partial charge in [0, 0.05) is 6.61 Å². The van der Waals surface area contributed by atoms with Crippen molar-refractivity contribution in [2.75, 3.05) is 13.2 Å². The summed E-state index contributed by atoms with van der Waals surface area (Å²) in [5.41, 5.74) is 1.25. The first-order chi connectivity index (χ1) is 7.76. The lowest BCUT2D eigenvalue weighted by atomic mass is 10.0. The van der Waals surface area contributed by atoms with Gasteiger partial charge in [-0.05, 0) is 36.5 Å². The van der Waals surface area contributed by atoms with Gasteiger partial charge in [-0.25, -0.2) is 0 Å². The van der Waals surface area contributed by atoms with Gasteiger partial charge in [0.2, 0.25) is 0 Å². The van der Waals surface area contributed by atoms with Crippen molar-refractivity contribution in [1.29, 1.82) is 0 Å². The maximum absolute atomic E-state index is 8.97. The molecule has 2 heteroatoms. The Morgan fingerprint density at radius 2 is 1.94 bits per heavy atom. The van der Waals surface area contributed by atoms with Crippen molar-refractivity contribution in [3.05, 3.63) is 29.8 Å². The van der Waals surface area contributed by atoms with Crippen molar-refractivity contribution in [3.63, 3.8) is 0 Å². The molecule has 0 heterocycles. The largest absolute Gasteiger partial charge is 0.494 e. The number of ether oxygens (including phenoxy) is 1. The fraction of sp³-hybridized carbons (Fsp3) is 0.571. The Morgan fingerprint density at radius 3 is 2.50 bits per heavy atom. The normalized spacial score (nSPS) is 12.4. The van der Waals surface area contributed by atoms with Crippen LogP contribution in [0.4, 0.5) is 0 Å². The molecule has 0 amide bonds. The number of aliphatic hydroxyl groups excluding tert-OH is 1. The molecule has 0 spiro atoms. The molecular formula is C14H22O2. The maximum atomic E-state index is 8.97. The van der Waals surface area contributed by atoms with Gasteiger partial charge in [0.1, 0.15) is 5.75 Å². The molecule has 1 aromatic rings. The molecule has 1 rings (SSSR count). The minimum Gasteiger partial charge on any atom is -0.494 e. The van der Waals surface area contributed by atoms with Crippen LogP contribution in [-0.2, 0) is 6.42 Å². The lowest BCUT2D eigenvalue weighted by Crippen LogP contribution is -2.04. The molecule has 0 saturated heterocycles. The van der Waals surface area contributed by atoms with Crippen LogP contribution in [-0.4, -0.2) is 18.3 Å². The Hall–Kier alpha value is -1.02. The minimum absolute atomic E-state index is 0.245. The number of hydrogen-bond acceptors (Lipinski definition) is 2. The molecule has 2 nitrogen and oxygen atoms in total. The monoisotopic (exact) mass is 222 g/mol. The predicted octanol–water partition coefficient (Wildman–Crippen LogP) is 3.04. The summed E-state index contributed by atoms with van der Waals surface area (Å²) < 4.78 is 5.58. The van der Waals surface area contributed by atoms with Gasteiger partial charge in [0.25, 0.3) is 0 Å². The molecule has 90 valence electrons. The lowest BCUT2D eigenvalue weighted by Gasteiger charge is -2.09. The van der Waals surface area contributed by atoms with Crippen LogP contribution in [0, 0.1) is 5.92 Å². The van der Waals surface area contributed by atoms with Crippen LogP contribution >= 0.6 is 0 Å². The highest BCUT2D eigenvalue weighted by Crippen LogP contribution is 2.15. The third-order valence-electron chi connectivity index (χ3n) is 2.59. The molecule has 0 aromatic heterocycles. The first-order valence-electron chi connectivity index (χ1n) is 6.08. The van der Waals surface area contributed by atoms with Gasteiger partial charge in [-0.1, -0.05) is 32.4 Å². The molecule has 0 aliphatic heterocycles. The zero-order chi connectivity index (χ0) is 11.8. The minimum atomic E-state index is 0.245. The van der Waals surface area contributed by atoms with E-state index in [1.54, 1.807) is 0 Å². The second kappa shape index (κ2) is 7.29. The SMILES string of the molecule is CCCCOc1ccc(CC(C)CO)cc1. The summed E-state index contributed by atoms with van der Waals surface area (Å²) >= 11 is 0. The first-order valence-corrected chi connectivity index (χ1v) is 6.08. The summed E-state index contributed by atoms with van der Waals surface area (Å²) in [7, 11) is 0. The highest BCUT2D eigenvalue weighted by atomic mass is 16.5. The lowest BCUT2D eigenvalue weighted by molar-refractivity contribution is 0.237. The van der Waals surface area contributed by atoms with E-state index >= 15 is 0 Å². The third-order valence-corrected chi connectivity index (χ3v) is 2.59. The van der Waals surface area contributed by atoms with E-state index in [0.29, 0.717) is 5.92 Å². The Bertz CT molecular complexity index is 279. The molecule has 16 heavy (non-hydrogen) atoms. The molecule has 0 aliphatic rings. The zero-order valence-electron chi connectivity index (χ0n) is 10.3. The first kappa shape index (κ1) is 13.0. The van der Waals surface area contributed by atoms with Crippen LogP contribution in [0.5, 0.6) is 5.75 Å². The second-order valence-corrected chi connectivity index (χ2v) is 4.34. The fourth-order valence-corrected chi connectivity index (χ4v) is 1.52. The molecule has 0 radical (unpaired) electrons. The summed E-state index contributed by atoms with van der Waals surface area (Å²) in [5.74, 6) is 1.26. The van der Waals surface area contributed by atoms with E-state index in [9.17, 15) is 0 Å². The van der Waals surface area contributed by atoms with Crippen molar-refractivity contribution in [2.24, 2.45) is 5.92 Å². The molecule has 1 unspecified atom stereocenters. The van der Waals surface area contributed by atoms with E-state index in [-0.39, 0.29) is 6.61 Å². The Morgan fingerprint density at radius 1 is 1.25 bits per heavy atom. The van der Waals surface area contributed by atoms with Gasteiger partial charge >= 0.3 is 0 Å². The summed E-state index contributed by atoms with van der Waals surface area (Å²) in [6.45, 7) is 5.24. The van der Waals surface area contributed by atoms with Gasteiger partial charge in [-0.15, -0.1) is 0 Å². The molecule has 0 fully saturated rings. The highest BCUT2D eigenvalue weighted by molar-refractivity contribution is 5.27. The van der Waals surface area contributed by atoms with Gasteiger partial charge in [0.15, 0.2) is 0 Å². The van der Waals surface area contributed by atoms with E-state index in [0.717, 1.165) is 31.6 Å². The van der Waals surface area contributed by atoms with Gasteiger partial charge < -0.3 is 9.84 Å². The van der Waals surface area contributed by atoms with E-state index in [4.69, 9.17) is 9.84 Å². The summed E-state index contributed by atoms with van der Waals surface area (Å²) in [6, 6.07) is 8.17. The van der Waals surface area contributed by atoms with Crippen LogP contribution < -0.4 is 4.74 Å². The van der Waals surface area contributed by atoms with Crippen LogP contribution in [0.25, 0.3) is 0 Å². The average Bonchev–Trinajstić information content (AvgIpc) is 2.31. The van der Waals surface area contributed by atoms with Crippen LogP contribution in [0.3, 0.4) is 0 Å². The Balaban J connectivity index is 2.41. The molecule has 1 atom stereocenters. The van der Waals surface area contributed by atoms with Crippen molar-refractivity contribution in [3.8, 4) is 5.75 Å². The molecule has 1 N–H and O–H groups in total. The van der Waals surface area contributed by atoms with Crippen LogP contribution in [0.2, 0.25) is 0 Å².